The zero-order chi connectivity index (χ0) is 17.4. The first kappa shape index (κ1) is 16.2. The minimum Gasteiger partial charge on any atom is -0.337 e. The largest absolute Gasteiger partial charge is 0.337 e. The smallest absolute Gasteiger partial charge is 0.277 e. The fraction of sp³-hybridized carbons (Fsp3) is 0.375. The first-order valence-corrected chi connectivity index (χ1v) is 8.34. The molecular formula is C16H17N5O2S. The van der Waals surface area contributed by atoms with Gasteiger partial charge in [-0.3, -0.25) is 14.3 Å². The van der Waals surface area contributed by atoms with E-state index in [-0.39, 0.29) is 11.8 Å². The van der Waals surface area contributed by atoms with Crippen molar-refractivity contribution in [1.29, 1.82) is 5.26 Å². The molecular weight excluding hydrogens is 326 g/mol. The number of rotatable bonds is 2. The van der Waals surface area contributed by atoms with E-state index in [4.69, 9.17) is 0 Å². The van der Waals surface area contributed by atoms with Gasteiger partial charge in [-0.2, -0.15) is 10.4 Å². The average Bonchev–Trinajstić information content (AvgIpc) is 3.05. The molecule has 24 heavy (non-hydrogen) atoms. The highest BCUT2D eigenvalue weighted by Gasteiger charge is 2.27. The number of nitrogens with zero attached hydrogens (tertiary/aromatic N) is 4. The zero-order valence-corrected chi connectivity index (χ0v) is 14.5. The maximum atomic E-state index is 12.4. The van der Waals surface area contributed by atoms with E-state index in [0.717, 1.165) is 16.0 Å². The van der Waals surface area contributed by atoms with Crippen LogP contribution in [0.5, 0.6) is 0 Å². The Morgan fingerprint density at radius 2 is 2.21 bits per heavy atom. The molecule has 0 spiro atoms. The summed E-state index contributed by atoms with van der Waals surface area (Å²) in [5.74, 6) is -0.311. The normalized spacial score (nSPS) is 13.3. The van der Waals surface area contributed by atoms with E-state index < -0.39 is 0 Å². The van der Waals surface area contributed by atoms with Gasteiger partial charge in [0.2, 0.25) is 5.91 Å². The Balaban J connectivity index is 1.90. The summed E-state index contributed by atoms with van der Waals surface area (Å²) < 4.78 is 1.58. The molecule has 2 aromatic rings. The highest BCUT2D eigenvalue weighted by atomic mass is 32.1. The quantitative estimate of drug-likeness (QED) is 0.900. The molecule has 0 fully saturated rings. The summed E-state index contributed by atoms with van der Waals surface area (Å²) in [7, 11) is 1.75. The van der Waals surface area contributed by atoms with E-state index in [1.165, 1.54) is 18.3 Å². The predicted octanol–water partition coefficient (Wildman–Crippen LogP) is 1.82. The fourth-order valence-electron chi connectivity index (χ4n) is 2.87. The molecule has 0 saturated heterocycles. The van der Waals surface area contributed by atoms with Gasteiger partial charge in [-0.15, -0.1) is 11.3 Å². The van der Waals surface area contributed by atoms with Crippen LogP contribution in [-0.4, -0.2) is 33.0 Å². The first-order chi connectivity index (χ1) is 11.4. The summed E-state index contributed by atoms with van der Waals surface area (Å²) in [6, 6.07) is 2.19. The van der Waals surface area contributed by atoms with E-state index in [1.54, 1.807) is 22.8 Å². The molecule has 124 valence electrons. The molecule has 1 N–H and O–H groups in total. The van der Waals surface area contributed by atoms with Crippen molar-refractivity contribution in [3.8, 4) is 6.07 Å². The lowest BCUT2D eigenvalue weighted by Crippen LogP contribution is -2.33. The van der Waals surface area contributed by atoms with Crippen LogP contribution in [0, 0.1) is 18.3 Å². The van der Waals surface area contributed by atoms with E-state index in [2.05, 4.69) is 16.5 Å². The van der Waals surface area contributed by atoms with Gasteiger partial charge in [-0.1, -0.05) is 0 Å². The maximum Gasteiger partial charge on any atom is 0.277 e. The third-order valence-electron chi connectivity index (χ3n) is 4.07. The number of carbonyl (C=O) groups excluding carboxylic acids is 2. The minimum absolute atomic E-state index is 0.0160. The fourth-order valence-corrected chi connectivity index (χ4v) is 4.08. The Morgan fingerprint density at radius 3 is 2.79 bits per heavy atom. The molecule has 3 rings (SSSR count). The van der Waals surface area contributed by atoms with Crippen molar-refractivity contribution < 1.29 is 9.59 Å². The molecule has 2 aromatic heterocycles. The number of anilines is 1. The molecule has 7 nitrogen and oxygen atoms in total. The van der Waals surface area contributed by atoms with Gasteiger partial charge in [-0.05, 0) is 18.9 Å². The average molecular weight is 343 g/mol. The van der Waals surface area contributed by atoms with Gasteiger partial charge in [0.05, 0.1) is 12.1 Å². The minimum atomic E-state index is -0.327. The molecule has 0 bridgehead atoms. The van der Waals surface area contributed by atoms with Gasteiger partial charge in [0.1, 0.15) is 11.1 Å². The van der Waals surface area contributed by atoms with Crippen molar-refractivity contribution in [3.05, 3.63) is 33.5 Å². The van der Waals surface area contributed by atoms with E-state index in [1.807, 2.05) is 6.92 Å². The first-order valence-electron chi connectivity index (χ1n) is 7.52. The molecule has 1 aliphatic rings. The van der Waals surface area contributed by atoms with Crippen LogP contribution in [0.4, 0.5) is 5.00 Å². The lowest BCUT2D eigenvalue weighted by Gasteiger charge is -2.25. The SMILES string of the molecule is CC(=O)N1CCc2c(sc(NC(=O)c3nn(C)cc3C)c2C#N)C1. The molecule has 2 amide bonds. The second-order valence-corrected chi connectivity index (χ2v) is 6.90. The third kappa shape index (κ3) is 2.78. The number of aromatic nitrogens is 2. The number of amides is 2. The summed E-state index contributed by atoms with van der Waals surface area (Å²) in [6.07, 6.45) is 2.40. The molecule has 8 heteroatoms. The Morgan fingerprint density at radius 1 is 1.46 bits per heavy atom. The number of hydrogen-bond acceptors (Lipinski definition) is 5. The van der Waals surface area contributed by atoms with Crippen LogP contribution in [0.3, 0.4) is 0 Å². The standard InChI is InChI=1S/C16H17N5O2S/c1-9-7-20(3)19-14(9)15(23)18-16-12(6-17)11-4-5-21(10(2)22)8-13(11)24-16/h7H,4-5,8H2,1-3H3,(H,18,23). The summed E-state index contributed by atoms with van der Waals surface area (Å²) in [5, 5.41) is 17.0. The van der Waals surface area contributed by atoms with Crippen molar-refractivity contribution in [2.24, 2.45) is 7.05 Å². The zero-order valence-electron chi connectivity index (χ0n) is 13.7. The molecule has 1 aliphatic heterocycles. The van der Waals surface area contributed by atoms with Crippen LogP contribution in [0.25, 0.3) is 0 Å². The second-order valence-electron chi connectivity index (χ2n) is 5.80. The maximum absolute atomic E-state index is 12.4. The van der Waals surface area contributed by atoms with Crippen LogP contribution < -0.4 is 5.32 Å². The van der Waals surface area contributed by atoms with Crippen LogP contribution in [0.15, 0.2) is 6.20 Å². The molecule has 0 radical (unpaired) electrons. The molecule has 0 unspecified atom stereocenters. The van der Waals surface area contributed by atoms with Crippen LogP contribution in [0.2, 0.25) is 0 Å². The third-order valence-corrected chi connectivity index (χ3v) is 5.20. The molecule has 0 aliphatic carbocycles. The summed E-state index contributed by atoms with van der Waals surface area (Å²) >= 11 is 1.36. The van der Waals surface area contributed by atoms with E-state index >= 15 is 0 Å². The summed E-state index contributed by atoms with van der Waals surface area (Å²) in [5.41, 5.74) is 2.56. The summed E-state index contributed by atoms with van der Waals surface area (Å²) in [4.78, 5) is 26.7. The van der Waals surface area contributed by atoms with Crippen molar-refractivity contribution >= 4 is 28.2 Å². The van der Waals surface area contributed by atoms with Gasteiger partial charge in [0.25, 0.3) is 5.91 Å². The van der Waals surface area contributed by atoms with Crippen molar-refractivity contribution in [3.63, 3.8) is 0 Å². The van der Waals surface area contributed by atoms with E-state index in [9.17, 15) is 14.9 Å². The number of carbonyl (C=O) groups is 2. The molecule has 0 atom stereocenters. The Bertz CT molecular complexity index is 874. The van der Waals surface area contributed by atoms with Crippen LogP contribution in [-0.2, 0) is 24.8 Å². The van der Waals surface area contributed by atoms with E-state index in [0.29, 0.717) is 35.8 Å². The Hall–Kier alpha value is -2.66. The second kappa shape index (κ2) is 6.09. The number of nitrogens with one attached hydrogen (secondary N) is 1. The van der Waals surface area contributed by atoms with Gasteiger partial charge < -0.3 is 10.2 Å². The highest BCUT2D eigenvalue weighted by molar-refractivity contribution is 7.16. The molecule has 0 aromatic carbocycles. The molecule has 0 saturated carbocycles. The topological polar surface area (TPSA) is 91.0 Å². The number of fused-ring (bicyclic) bond motifs is 1. The highest BCUT2D eigenvalue weighted by Crippen LogP contribution is 2.36. The number of thiophene rings is 1. The Kier molecular flexibility index (Phi) is 4.11. The lowest BCUT2D eigenvalue weighted by molar-refractivity contribution is -0.129. The van der Waals surface area contributed by atoms with Gasteiger partial charge >= 0.3 is 0 Å². The monoisotopic (exact) mass is 343 g/mol. The van der Waals surface area contributed by atoms with Crippen LogP contribution in [0.1, 0.15) is 39.0 Å². The van der Waals surface area contributed by atoms with Crippen molar-refractivity contribution in [2.45, 2.75) is 26.8 Å². The predicted molar refractivity (Wildman–Crippen MR) is 89.7 cm³/mol. The number of hydrogen-bond donors (Lipinski definition) is 1. The summed E-state index contributed by atoms with van der Waals surface area (Å²) in [6.45, 7) is 4.44. The van der Waals surface area contributed by atoms with Gasteiger partial charge in [-0.25, -0.2) is 0 Å². The van der Waals surface area contributed by atoms with Crippen molar-refractivity contribution in [2.75, 3.05) is 11.9 Å². The molecule has 3 heterocycles. The van der Waals surface area contributed by atoms with Crippen molar-refractivity contribution in [1.82, 2.24) is 14.7 Å². The lowest BCUT2D eigenvalue weighted by atomic mass is 10.0. The van der Waals surface area contributed by atoms with Crippen LogP contribution >= 0.6 is 11.3 Å². The number of nitriles is 1. The van der Waals surface area contributed by atoms with Gasteiger partial charge in [0.15, 0.2) is 5.69 Å². The number of aryl methyl sites for hydroxylation is 2. The van der Waals surface area contributed by atoms with Gasteiger partial charge in [0, 0.05) is 37.2 Å². The Labute approximate surface area is 143 Å².